The number of likely N-dealkylation sites (N-methyl/N-ethyl adjacent to an activating group) is 1. The fourth-order valence-corrected chi connectivity index (χ4v) is 4.90. The minimum absolute atomic E-state index is 0.00992. The van der Waals surface area contributed by atoms with Crippen LogP contribution in [0.3, 0.4) is 0 Å². The summed E-state index contributed by atoms with van der Waals surface area (Å²) in [4.78, 5) is 38.2. The van der Waals surface area contributed by atoms with E-state index in [0.717, 1.165) is 30.4 Å². The Morgan fingerprint density at radius 3 is 2.12 bits per heavy atom. The molecule has 2 amide bonds. The van der Waals surface area contributed by atoms with Crippen LogP contribution in [-0.4, -0.2) is 53.7 Å². The minimum Gasteiger partial charge on any atom is -0.480 e. The average Bonchev–Trinajstić information content (AvgIpc) is 3.12. The molecule has 34 heavy (non-hydrogen) atoms. The molecule has 2 N–H and O–H groups in total. The number of amides is 2. The molecule has 0 atom stereocenters. The molecular weight excluding hydrogens is 432 g/mol. The number of nitrogens with one attached hydrogen (secondary N) is 1. The molecule has 0 unspecified atom stereocenters. The lowest BCUT2D eigenvalue weighted by Crippen LogP contribution is -2.53. The second-order valence-corrected chi connectivity index (χ2v) is 10.0. The summed E-state index contributed by atoms with van der Waals surface area (Å²) in [5, 5.41) is 12.3. The van der Waals surface area contributed by atoms with Crippen molar-refractivity contribution in [2.45, 2.75) is 51.0 Å². The van der Waals surface area contributed by atoms with Crippen LogP contribution in [0.15, 0.2) is 48.5 Å². The molecule has 2 aliphatic carbocycles. The van der Waals surface area contributed by atoms with Crippen LogP contribution in [0.4, 0.5) is 4.79 Å². The van der Waals surface area contributed by atoms with Crippen LogP contribution in [0.25, 0.3) is 11.1 Å². The van der Waals surface area contributed by atoms with Crippen molar-refractivity contribution < 1.29 is 24.2 Å². The second kappa shape index (κ2) is 9.12. The van der Waals surface area contributed by atoms with Gasteiger partial charge in [-0.25, -0.2) is 9.59 Å². The van der Waals surface area contributed by atoms with Gasteiger partial charge in [0.1, 0.15) is 12.1 Å². The van der Waals surface area contributed by atoms with Gasteiger partial charge in [0.05, 0.1) is 0 Å². The number of hydrogen-bond acceptors (Lipinski definition) is 4. The highest BCUT2D eigenvalue weighted by Gasteiger charge is 2.43. The van der Waals surface area contributed by atoms with Gasteiger partial charge in [0.25, 0.3) is 0 Å². The first kappa shape index (κ1) is 23.8. The summed E-state index contributed by atoms with van der Waals surface area (Å²) in [6, 6.07) is 16.4. The Labute approximate surface area is 200 Å². The first-order chi connectivity index (χ1) is 16.1. The summed E-state index contributed by atoms with van der Waals surface area (Å²) in [6.07, 6.45) is 2.29. The third kappa shape index (κ3) is 4.39. The zero-order valence-corrected chi connectivity index (χ0v) is 20.0. The number of aliphatic carboxylic acids is 1. The van der Waals surface area contributed by atoms with E-state index in [2.05, 4.69) is 29.6 Å². The van der Waals surface area contributed by atoms with Crippen LogP contribution >= 0.6 is 0 Å². The van der Waals surface area contributed by atoms with Gasteiger partial charge in [0.15, 0.2) is 0 Å². The highest BCUT2D eigenvalue weighted by molar-refractivity contribution is 5.86. The normalized spacial score (nSPS) is 16.1. The number of benzene rings is 2. The van der Waals surface area contributed by atoms with Gasteiger partial charge in [-0.3, -0.25) is 4.79 Å². The van der Waals surface area contributed by atoms with Crippen LogP contribution in [0.1, 0.15) is 56.6 Å². The van der Waals surface area contributed by atoms with Crippen molar-refractivity contribution in [2.24, 2.45) is 5.41 Å². The van der Waals surface area contributed by atoms with Crippen molar-refractivity contribution in [2.75, 3.05) is 20.2 Å². The Kier molecular flexibility index (Phi) is 6.39. The molecule has 7 heteroatoms. The number of ether oxygens (including phenoxy) is 1. The Morgan fingerprint density at radius 1 is 1.06 bits per heavy atom. The lowest BCUT2D eigenvalue weighted by molar-refractivity contribution is -0.156. The fraction of sp³-hybridized carbons (Fsp3) is 0.444. The van der Waals surface area contributed by atoms with Crippen molar-refractivity contribution in [3.05, 3.63) is 59.7 Å². The lowest BCUT2D eigenvalue weighted by Gasteiger charge is -2.43. The van der Waals surface area contributed by atoms with E-state index in [9.17, 15) is 19.5 Å². The number of hydrogen-bond donors (Lipinski definition) is 2. The average molecular weight is 465 g/mol. The van der Waals surface area contributed by atoms with Crippen LogP contribution < -0.4 is 5.32 Å². The molecular formula is C27H32N2O5. The molecule has 2 aromatic carbocycles. The molecule has 0 spiro atoms. The van der Waals surface area contributed by atoms with E-state index < -0.39 is 17.6 Å². The van der Waals surface area contributed by atoms with Gasteiger partial charge in [-0.2, -0.15) is 0 Å². The van der Waals surface area contributed by atoms with Crippen molar-refractivity contribution in [3.63, 3.8) is 0 Å². The molecule has 0 saturated heterocycles. The van der Waals surface area contributed by atoms with Crippen LogP contribution in [-0.2, 0) is 14.3 Å². The molecule has 0 radical (unpaired) electrons. The van der Waals surface area contributed by atoms with Crippen LogP contribution in [0.5, 0.6) is 0 Å². The molecule has 2 aliphatic rings. The highest BCUT2D eigenvalue weighted by atomic mass is 16.5. The maximum absolute atomic E-state index is 12.8. The molecule has 0 bridgehead atoms. The van der Waals surface area contributed by atoms with Crippen molar-refractivity contribution in [1.82, 2.24) is 10.2 Å². The predicted molar refractivity (Wildman–Crippen MR) is 128 cm³/mol. The molecule has 7 nitrogen and oxygen atoms in total. The summed E-state index contributed by atoms with van der Waals surface area (Å²) < 4.78 is 5.62. The third-order valence-corrected chi connectivity index (χ3v) is 7.63. The van der Waals surface area contributed by atoms with Crippen molar-refractivity contribution in [1.29, 1.82) is 0 Å². The number of alkyl carbamates (subject to hydrolysis) is 1. The zero-order chi connectivity index (χ0) is 24.5. The number of carboxylic acid groups (broad SMARTS) is 1. The third-order valence-electron chi connectivity index (χ3n) is 7.63. The van der Waals surface area contributed by atoms with E-state index in [1.165, 1.54) is 36.9 Å². The van der Waals surface area contributed by atoms with E-state index >= 15 is 0 Å². The topological polar surface area (TPSA) is 95.9 Å². The minimum atomic E-state index is -1.29. The SMILES string of the molecule is CN(C(=O)CC1(CNC(=O)OCC2c3ccccc3-c3ccccc32)CCC1)C(C)(C)C(=O)O. The highest BCUT2D eigenvalue weighted by Crippen LogP contribution is 2.45. The van der Waals surface area contributed by atoms with E-state index in [1.807, 2.05) is 24.3 Å². The van der Waals surface area contributed by atoms with E-state index in [0.29, 0.717) is 6.54 Å². The largest absolute Gasteiger partial charge is 0.480 e. The summed E-state index contributed by atoms with van der Waals surface area (Å²) >= 11 is 0. The lowest BCUT2D eigenvalue weighted by atomic mass is 9.66. The summed E-state index contributed by atoms with van der Waals surface area (Å²) in [5.41, 5.74) is 3.01. The molecule has 0 heterocycles. The number of carbonyl (C=O) groups is 3. The summed E-state index contributed by atoms with van der Waals surface area (Å²) in [7, 11) is 1.52. The molecule has 1 fully saturated rings. The van der Waals surface area contributed by atoms with Gasteiger partial charge in [-0.15, -0.1) is 0 Å². The van der Waals surface area contributed by atoms with Crippen molar-refractivity contribution >= 4 is 18.0 Å². The van der Waals surface area contributed by atoms with Crippen LogP contribution in [0.2, 0.25) is 0 Å². The van der Waals surface area contributed by atoms with Crippen molar-refractivity contribution in [3.8, 4) is 11.1 Å². The monoisotopic (exact) mass is 464 g/mol. The number of carbonyl (C=O) groups excluding carboxylic acids is 2. The standard InChI is InChI=1S/C27H32N2O5/c1-26(2,24(31)32)29(3)23(30)15-27(13-8-14-27)17-28-25(33)34-16-22-20-11-6-4-9-18(20)19-10-5-7-12-21(19)22/h4-7,9-12,22H,8,13-17H2,1-3H3,(H,28,33)(H,31,32). The Hall–Kier alpha value is -3.35. The molecule has 2 aromatic rings. The van der Waals surface area contributed by atoms with Gasteiger partial charge in [0.2, 0.25) is 5.91 Å². The molecule has 4 rings (SSSR count). The Balaban J connectivity index is 1.34. The van der Waals surface area contributed by atoms with Gasteiger partial charge in [-0.1, -0.05) is 55.0 Å². The molecule has 1 saturated carbocycles. The Morgan fingerprint density at radius 2 is 1.62 bits per heavy atom. The predicted octanol–water partition coefficient (Wildman–Crippen LogP) is 4.41. The number of carboxylic acids is 1. The van der Waals surface area contributed by atoms with Crippen LogP contribution in [0, 0.1) is 5.41 Å². The summed E-state index contributed by atoms with van der Waals surface area (Å²) in [6.45, 7) is 3.59. The van der Waals surface area contributed by atoms with E-state index in [-0.39, 0.29) is 30.3 Å². The number of rotatable bonds is 8. The van der Waals surface area contributed by atoms with Gasteiger partial charge >= 0.3 is 12.1 Å². The Bertz CT molecular complexity index is 1060. The molecule has 180 valence electrons. The zero-order valence-electron chi connectivity index (χ0n) is 20.0. The number of fused-ring (bicyclic) bond motifs is 3. The first-order valence-electron chi connectivity index (χ1n) is 11.7. The maximum Gasteiger partial charge on any atom is 0.407 e. The smallest absolute Gasteiger partial charge is 0.407 e. The van der Waals surface area contributed by atoms with E-state index in [1.54, 1.807) is 0 Å². The summed E-state index contributed by atoms with van der Waals surface area (Å²) in [5.74, 6) is -1.30. The van der Waals surface area contributed by atoms with E-state index in [4.69, 9.17) is 4.74 Å². The van der Waals surface area contributed by atoms with Gasteiger partial charge in [0, 0.05) is 25.9 Å². The fourth-order valence-electron chi connectivity index (χ4n) is 4.90. The molecule has 0 aliphatic heterocycles. The van der Waals surface area contributed by atoms with Gasteiger partial charge in [-0.05, 0) is 54.4 Å². The first-order valence-corrected chi connectivity index (χ1v) is 11.7. The quantitative estimate of drug-likeness (QED) is 0.603. The second-order valence-electron chi connectivity index (χ2n) is 10.0. The maximum atomic E-state index is 12.8. The van der Waals surface area contributed by atoms with Gasteiger partial charge < -0.3 is 20.1 Å². The number of nitrogens with zero attached hydrogens (tertiary/aromatic N) is 1. The molecule has 0 aromatic heterocycles.